The molecule has 1 saturated heterocycles. The summed E-state index contributed by atoms with van der Waals surface area (Å²) in [5.41, 5.74) is 2.96. The number of carbonyl (C=O) groups is 1. The molecule has 5 atom stereocenters. The summed E-state index contributed by atoms with van der Waals surface area (Å²) < 4.78 is 21.7. The van der Waals surface area contributed by atoms with Crippen LogP contribution in [-0.4, -0.2) is 80.3 Å². The Bertz CT molecular complexity index is 1390. The van der Waals surface area contributed by atoms with E-state index in [0.29, 0.717) is 22.8 Å². The van der Waals surface area contributed by atoms with Gasteiger partial charge in [-0.1, -0.05) is 5.21 Å². The second kappa shape index (κ2) is 9.20. The Labute approximate surface area is 202 Å². The van der Waals surface area contributed by atoms with E-state index in [2.05, 4.69) is 15.3 Å². The van der Waals surface area contributed by atoms with Crippen molar-refractivity contribution in [1.29, 1.82) is 0 Å². The lowest BCUT2D eigenvalue weighted by molar-refractivity contribution is -0.249. The van der Waals surface area contributed by atoms with Crippen molar-refractivity contribution in [3.63, 3.8) is 0 Å². The first-order valence-corrected chi connectivity index (χ1v) is 10.8. The molecule has 0 aliphatic carbocycles. The van der Waals surface area contributed by atoms with Gasteiger partial charge in [-0.25, -0.2) is 18.9 Å². The van der Waals surface area contributed by atoms with E-state index in [1.165, 1.54) is 18.3 Å². The van der Waals surface area contributed by atoms with Crippen LogP contribution < -0.4 is 0 Å². The lowest BCUT2D eigenvalue weighted by Crippen LogP contribution is -2.57. The van der Waals surface area contributed by atoms with Gasteiger partial charge in [-0.3, -0.25) is 4.98 Å². The molecule has 1 fully saturated rings. The van der Waals surface area contributed by atoms with Crippen molar-refractivity contribution < 1.29 is 34.3 Å². The second-order valence-electron chi connectivity index (χ2n) is 8.28. The molecule has 3 aromatic heterocycles. The maximum Gasteiger partial charge on any atom is 0.335 e. The average molecular weight is 496 g/mol. The number of benzene rings is 1. The molecule has 36 heavy (non-hydrogen) atoms. The molecule has 13 heteroatoms. The monoisotopic (exact) mass is 496 g/mol. The van der Waals surface area contributed by atoms with Crippen molar-refractivity contribution in [2.24, 2.45) is 7.05 Å². The van der Waals surface area contributed by atoms with Gasteiger partial charge >= 0.3 is 5.97 Å². The van der Waals surface area contributed by atoms with Crippen LogP contribution in [0.4, 0.5) is 4.39 Å². The number of aromatic nitrogens is 6. The first-order valence-electron chi connectivity index (χ1n) is 10.8. The molecule has 1 aliphatic heterocycles. The van der Waals surface area contributed by atoms with E-state index < -0.39 is 36.6 Å². The number of carboxylic acid groups (broad SMARTS) is 1. The van der Waals surface area contributed by atoms with Gasteiger partial charge in [0.1, 0.15) is 29.8 Å². The van der Waals surface area contributed by atoms with E-state index in [1.54, 1.807) is 48.3 Å². The van der Waals surface area contributed by atoms with Gasteiger partial charge in [-0.15, -0.1) is 5.10 Å². The van der Waals surface area contributed by atoms with E-state index in [0.717, 1.165) is 10.2 Å². The molecule has 4 aromatic rings. The normalized spacial score (nSPS) is 24.1. The number of imidazole rings is 1. The molecule has 0 radical (unpaired) electrons. The van der Waals surface area contributed by atoms with Crippen LogP contribution in [0.1, 0.15) is 6.23 Å². The van der Waals surface area contributed by atoms with E-state index in [9.17, 15) is 29.6 Å². The summed E-state index contributed by atoms with van der Waals surface area (Å²) in [7, 11) is 1.76. The van der Waals surface area contributed by atoms with Crippen LogP contribution in [0.3, 0.4) is 0 Å². The van der Waals surface area contributed by atoms with Gasteiger partial charge in [0.05, 0.1) is 17.6 Å². The molecule has 4 heterocycles. The summed E-state index contributed by atoms with van der Waals surface area (Å²) in [6, 6.07) is 9.47. The highest BCUT2D eigenvalue weighted by Gasteiger charge is 2.48. The molecule has 4 N–H and O–H groups in total. The van der Waals surface area contributed by atoms with Crippen molar-refractivity contribution in [3.8, 4) is 34.0 Å². The molecular weight excluding hydrogens is 475 g/mol. The topological polar surface area (TPSA) is 169 Å². The first-order chi connectivity index (χ1) is 17.3. The van der Waals surface area contributed by atoms with Crippen molar-refractivity contribution in [2.75, 3.05) is 0 Å². The van der Waals surface area contributed by atoms with Crippen LogP contribution >= 0.6 is 0 Å². The molecule has 0 amide bonds. The lowest BCUT2D eigenvalue weighted by atomic mass is 9.98. The van der Waals surface area contributed by atoms with Gasteiger partial charge in [-0.05, 0) is 36.4 Å². The Morgan fingerprint density at radius 3 is 2.36 bits per heavy atom. The Kier molecular flexibility index (Phi) is 6.05. The summed E-state index contributed by atoms with van der Waals surface area (Å²) >= 11 is 0. The third kappa shape index (κ3) is 4.03. The standard InChI is InChI=1S/C23H21FN6O6/c1-29-16(12-6-8-25-9-7-12)15(11-2-4-13(24)5-3-11)26-21(29)14-10-30(28-27-14)22-19(33)17(31)18(32)20(36-22)23(34)35/h2-10,17-20,22,31-33H,1H3,(H,34,35)/t17-,18-,19+,20-,22?/m0/s1. The molecule has 186 valence electrons. The van der Waals surface area contributed by atoms with Gasteiger partial charge in [0, 0.05) is 30.6 Å². The zero-order chi connectivity index (χ0) is 25.6. The van der Waals surface area contributed by atoms with E-state index in [4.69, 9.17) is 9.72 Å². The fourth-order valence-electron chi connectivity index (χ4n) is 4.16. The number of hydrogen-bond acceptors (Lipinski definition) is 9. The maximum atomic E-state index is 13.6. The Morgan fingerprint density at radius 2 is 1.69 bits per heavy atom. The third-order valence-electron chi connectivity index (χ3n) is 6.00. The minimum atomic E-state index is -1.83. The van der Waals surface area contributed by atoms with Crippen molar-refractivity contribution in [2.45, 2.75) is 30.6 Å². The number of halogens is 1. The average Bonchev–Trinajstić information content (AvgIpc) is 3.48. The van der Waals surface area contributed by atoms with Crippen molar-refractivity contribution in [1.82, 2.24) is 29.5 Å². The Hall–Kier alpha value is -4.04. The number of ether oxygens (including phenoxy) is 1. The summed E-state index contributed by atoms with van der Waals surface area (Å²) in [4.78, 5) is 20.2. The molecule has 1 aliphatic rings. The predicted molar refractivity (Wildman–Crippen MR) is 120 cm³/mol. The van der Waals surface area contributed by atoms with Gasteiger partial charge in [0.15, 0.2) is 18.2 Å². The number of pyridine rings is 1. The van der Waals surface area contributed by atoms with Crippen molar-refractivity contribution in [3.05, 3.63) is 60.8 Å². The molecular formula is C23H21FN6O6. The van der Waals surface area contributed by atoms with E-state index in [-0.39, 0.29) is 11.5 Å². The molecule has 0 spiro atoms. The molecule has 0 bridgehead atoms. The highest BCUT2D eigenvalue weighted by molar-refractivity contribution is 5.81. The van der Waals surface area contributed by atoms with Crippen LogP contribution in [0, 0.1) is 5.82 Å². The van der Waals surface area contributed by atoms with Gasteiger partial charge in [0.25, 0.3) is 0 Å². The van der Waals surface area contributed by atoms with Gasteiger partial charge in [0.2, 0.25) is 0 Å². The van der Waals surface area contributed by atoms with Gasteiger partial charge < -0.3 is 29.7 Å². The number of aliphatic carboxylic acids is 1. The zero-order valence-corrected chi connectivity index (χ0v) is 18.7. The lowest BCUT2D eigenvalue weighted by Gasteiger charge is -2.38. The number of carboxylic acids is 1. The van der Waals surface area contributed by atoms with Gasteiger partial charge in [-0.2, -0.15) is 0 Å². The molecule has 12 nitrogen and oxygen atoms in total. The number of hydrogen-bond donors (Lipinski definition) is 4. The number of nitrogens with zero attached hydrogens (tertiary/aromatic N) is 6. The van der Waals surface area contributed by atoms with Crippen LogP contribution in [0.15, 0.2) is 55.0 Å². The van der Waals surface area contributed by atoms with E-state index >= 15 is 0 Å². The Balaban J connectivity index is 1.57. The number of aliphatic hydroxyl groups is 3. The Morgan fingerprint density at radius 1 is 1.00 bits per heavy atom. The minimum Gasteiger partial charge on any atom is -0.479 e. The summed E-state index contributed by atoms with van der Waals surface area (Å²) in [6.07, 6.45) is -3.85. The van der Waals surface area contributed by atoms with Crippen LogP contribution in [0.5, 0.6) is 0 Å². The van der Waals surface area contributed by atoms with Crippen LogP contribution in [0.25, 0.3) is 34.0 Å². The van der Waals surface area contributed by atoms with Crippen molar-refractivity contribution >= 4 is 5.97 Å². The third-order valence-corrected chi connectivity index (χ3v) is 6.00. The molecule has 5 rings (SSSR count). The number of aliphatic hydroxyl groups excluding tert-OH is 3. The molecule has 1 unspecified atom stereocenters. The van der Waals surface area contributed by atoms with Crippen LogP contribution in [0.2, 0.25) is 0 Å². The number of rotatable bonds is 5. The molecule has 1 aromatic carbocycles. The van der Waals surface area contributed by atoms with Crippen LogP contribution in [-0.2, 0) is 16.6 Å². The highest BCUT2D eigenvalue weighted by atomic mass is 19.1. The van der Waals surface area contributed by atoms with E-state index in [1.807, 2.05) is 0 Å². The fraction of sp³-hybridized carbons (Fsp3) is 0.261. The first kappa shape index (κ1) is 23.7. The predicted octanol–water partition coefficient (Wildman–Crippen LogP) is 0.611. The zero-order valence-electron chi connectivity index (χ0n) is 18.7. The SMILES string of the molecule is Cn1c(-c2cn(C3O[C@H](C(=O)O)[C@@H](O)[C@H](O)[C@H]3O)nn2)nc(-c2ccc(F)cc2)c1-c1ccncc1. The second-order valence-corrected chi connectivity index (χ2v) is 8.28. The largest absolute Gasteiger partial charge is 0.479 e. The minimum absolute atomic E-state index is 0.254. The molecule has 0 saturated carbocycles. The summed E-state index contributed by atoms with van der Waals surface area (Å²) in [6.45, 7) is 0. The summed E-state index contributed by atoms with van der Waals surface area (Å²) in [5.74, 6) is -1.52. The summed E-state index contributed by atoms with van der Waals surface area (Å²) in [5, 5.41) is 47.8. The smallest absolute Gasteiger partial charge is 0.335 e. The fourth-order valence-corrected chi connectivity index (χ4v) is 4.16. The highest BCUT2D eigenvalue weighted by Crippen LogP contribution is 2.35. The quantitative estimate of drug-likeness (QED) is 0.307. The maximum absolute atomic E-state index is 13.6.